The minimum Gasteiger partial charge on any atom is -0.466 e. The van der Waals surface area contributed by atoms with Gasteiger partial charge in [0.2, 0.25) is 0 Å². The molecule has 0 heterocycles. The van der Waals surface area contributed by atoms with Crippen LogP contribution in [0.4, 0.5) is 11.4 Å². The van der Waals surface area contributed by atoms with Gasteiger partial charge in [0.25, 0.3) is 0 Å². The summed E-state index contributed by atoms with van der Waals surface area (Å²) in [4.78, 5) is 11.1. The fourth-order valence-corrected chi connectivity index (χ4v) is 1.41. The van der Waals surface area contributed by atoms with Crippen LogP contribution in [0.15, 0.2) is 18.2 Å². The van der Waals surface area contributed by atoms with E-state index in [2.05, 4.69) is 5.32 Å². The van der Waals surface area contributed by atoms with Crippen molar-refractivity contribution in [3.63, 3.8) is 0 Å². The summed E-state index contributed by atoms with van der Waals surface area (Å²) >= 11 is 5.76. The summed E-state index contributed by atoms with van der Waals surface area (Å²) in [5.74, 6) is -0.220. The van der Waals surface area contributed by atoms with E-state index in [1.54, 1.807) is 25.1 Å². The van der Waals surface area contributed by atoms with Gasteiger partial charge in [-0.15, -0.1) is 0 Å². The molecule has 1 aromatic rings. The van der Waals surface area contributed by atoms with Crippen LogP contribution in [0.5, 0.6) is 0 Å². The zero-order chi connectivity index (χ0) is 12.0. The number of carbonyl (C=O) groups is 1. The number of nitrogens with one attached hydrogen (secondary N) is 1. The lowest BCUT2D eigenvalue weighted by Crippen LogP contribution is -2.12. The van der Waals surface area contributed by atoms with Crippen LogP contribution in [0.2, 0.25) is 5.02 Å². The van der Waals surface area contributed by atoms with E-state index in [9.17, 15) is 4.79 Å². The number of hydrogen-bond acceptors (Lipinski definition) is 4. The minimum absolute atomic E-state index is 0.220. The van der Waals surface area contributed by atoms with Gasteiger partial charge in [-0.1, -0.05) is 11.6 Å². The van der Waals surface area contributed by atoms with E-state index in [4.69, 9.17) is 22.1 Å². The monoisotopic (exact) mass is 242 g/mol. The minimum atomic E-state index is -0.220. The van der Waals surface area contributed by atoms with Crippen LogP contribution in [0.1, 0.15) is 13.3 Å². The van der Waals surface area contributed by atoms with Crippen molar-refractivity contribution in [1.29, 1.82) is 0 Å². The summed E-state index contributed by atoms with van der Waals surface area (Å²) in [6.45, 7) is 2.68. The fraction of sp³-hybridized carbons (Fsp3) is 0.364. The van der Waals surface area contributed by atoms with Crippen LogP contribution in [-0.4, -0.2) is 19.1 Å². The van der Waals surface area contributed by atoms with Gasteiger partial charge in [-0.25, -0.2) is 0 Å². The van der Waals surface area contributed by atoms with E-state index in [0.29, 0.717) is 30.3 Å². The molecule has 0 amide bonds. The Labute approximate surface area is 99.7 Å². The maximum Gasteiger partial charge on any atom is 0.307 e. The van der Waals surface area contributed by atoms with Crippen LogP contribution >= 0.6 is 11.6 Å². The normalized spacial score (nSPS) is 9.88. The molecule has 0 atom stereocenters. The second kappa shape index (κ2) is 6.23. The summed E-state index contributed by atoms with van der Waals surface area (Å²) in [5, 5.41) is 3.64. The molecule has 1 aromatic carbocycles. The van der Waals surface area contributed by atoms with E-state index in [1.807, 2.05) is 0 Å². The molecule has 0 bridgehead atoms. The molecule has 0 radical (unpaired) electrons. The fourth-order valence-electron chi connectivity index (χ4n) is 1.23. The first-order valence-corrected chi connectivity index (χ1v) is 5.45. The molecule has 1 rings (SSSR count). The SMILES string of the molecule is CCOC(=O)CCNc1ccc(Cl)cc1N. The van der Waals surface area contributed by atoms with Crippen molar-refractivity contribution in [2.45, 2.75) is 13.3 Å². The Morgan fingerprint density at radius 3 is 2.94 bits per heavy atom. The lowest BCUT2D eigenvalue weighted by molar-refractivity contribution is -0.142. The highest BCUT2D eigenvalue weighted by molar-refractivity contribution is 6.31. The number of anilines is 2. The molecule has 88 valence electrons. The van der Waals surface area contributed by atoms with Gasteiger partial charge in [0.05, 0.1) is 24.4 Å². The van der Waals surface area contributed by atoms with Gasteiger partial charge in [0, 0.05) is 11.6 Å². The number of carbonyl (C=O) groups excluding carboxylic acids is 1. The molecular weight excluding hydrogens is 228 g/mol. The predicted octanol–water partition coefficient (Wildman–Crippen LogP) is 2.29. The van der Waals surface area contributed by atoms with E-state index < -0.39 is 0 Å². The van der Waals surface area contributed by atoms with Crippen molar-refractivity contribution in [2.75, 3.05) is 24.2 Å². The highest BCUT2D eigenvalue weighted by atomic mass is 35.5. The lowest BCUT2D eigenvalue weighted by Gasteiger charge is -2.09. The van der Waals surface area contributed by atoms with Crippen molar-refractivity contribution < 1.29 is 9.53 Å². The molecule has 0 aliphatic carbocycles. The molecule has 16 heavy (non-hydrogen) atoms. The van der Waals surface area contributed by atoms with Crippen molar-refractivity contribution in [3.8, 4) is 0 Å². The molecule has 4 nitrogen and oxygen atoms in total. The van der Waals surface area contributed by atoms with E-state index in [-0.39, 0.29) is 5.97 Å². The standard InChI is InChI=1S/C11H15ClN2O2/c1-2-16-11(15)5-6-14-10-4-3-8(12)7-9(10)13/h3-4,7,14H,2,5-6,13H2,1H3. The van der Waals surface area contributed by atoms with Crippen molar-refractivity contribution >= 4 is 28.9 Å². The average molecular weight is 243 g/mol. The number of hydrogen-bond donors (Lipinski definition) is 2. The second-order valence-corrected chi connectivity index (χ2v) is 3.65. The molecule has 0 aliphatic heterocycles. The number of nitrogens with two attached hydrogens (primary N) is 1. The van der Waals surface area contributed by atoms with Gasteiger partial charge in [-0.05, 0) is 25.1 Å². The summed E-state index contributed by atoms with van der Waals surface area (Å²) in [5.41, 5.74) is 7.07. The molecular formula is C11H15ClN2O2. The molecule has 0 fully saturated rings. The Morgan fingerprint density at radius 1 is 1.56 bits per heavy atom. The number of nitrogen functional groups attached to an aromatic ring is 1. The molecule has 5 heteroatoms. The number of rotatable bonds is 5. The van der Waals surface area contributed by atoms with Gasteiger partial charge in [-0.2, -0.15) is 0 Å². The average Bonchev–Trinajstić information content (AvgIpc) is 2.22. The Bertz CT molecular complexity index is 369. The van der Waals surface area contributed by atoms with Crippen LogP contribution in [0, 0.1) is 0 Å². The Kier molecular flexibility index (Phi) is 4.92. The quantitative estimate of drug-likeness (QED) is 0.614. The van der Waals surface area contributed by atoms with Crippen molar-refractivity contribution in [1.82, 2.24) is 0 Å². The smallest absolute Gasteiger partial charge is 0.307 e. The maximum atomic E-state index is 11.1. The van der Waals surface area contributed by atoms with Gasteiger partial charge >= 0.3 is 5.97 Å². The summed E-state index contributed by atoms with van der Waals surface area (Å²) in [7, 11) is 0. The predicted molar refractivity (Wildman–Crippen MR) is 65.6 cm³/mol. The Morgan fingerprint density at radius 2 is 2.31 bits per heavy atom. The summed E-state index contributed by atoms with van der Waals surface area (Å²) < 4.78 is 4.80. The van der Waals surface area contributed by atoms with Crippen molar-refractivity contribution in [2.24, 2.45) is 0 Å². The third-order valence-corrected chi connectivity index (χ3v) is 2.20. The van der Waals surface area contributed by atoms with Crippen LogP contribution in [0.3, 0.4) is 0 Å². The first-order valence-electron chi connectivity index (χ1n) is 5.08. The molecule has 0 aliphatic rings. The zero-order valence-corrected chi connectivity index (χ0v) is 9.88. The number of esters is 1. The highest BCUT2D eigenvalue weighted by Crippen LogP contribution is 2.22. The Hall–Kier alpha value is -1.42. The molecule has 3 N–H and O–H groups in total. The van der Waals surface area contributed by atoms with Gasteiger partial charge in [0.1, 0.15) is 0 Å². The third-order valence-electron chi connectivity index (χ3n) is 1.96. The summed E-state index contributed by atoms with van der Waals surface area (Å²) in [6.07, 6.45) is 0.315. The number of ether oxygens (including phenoxy) is 1. The topological polar surface area (TPSA) is 64.3 Å². The van der Waals surface area contributed by atoms with Crippen molar-refractivity contribution in [3.05, 3.63) is 23.2 Å². The molecule has 0 unspecified atom stereocenters. The first-order chi connectivity index (χ1) is 7.63. The van der Waals surface area contributed by atoms with Gasteiger partial charge < -0.3 is 15.8 Å². The van der Waals surface area contributed by atoms with E-state index in [1.165, 1.54) is 0 Å². The molecule has 0 saturated heterocycles. The van der Waals surface area contributed by atoms with Crippen LogP contribution in [0.25, 0.3) is 0 Å². The van der Waals surface area contributed by atoms with E-state index >= 15 is 0 Å². The molecule has 0 aromatic heterocycles. The van der Waals surface area contributed by atoms with Gasteiger partial charge in [-0.3, -0.25) is 4.79 Å². The zero-order valence-electron chi connectivity index (χ0n) is 9.13. The molecule has 0 saturated carbocycles. The van der Waals surface area contributed by atoms with Crippen LogP contribution in [-0.2, 0) is 9.53 Å². The molecule has 0 spiro atoms. The maximum absolute atomic E-state index is 11.1. The summed E-state index contributed by atoms with van der Waals surface area (Å²) in [6, 6.07) is 5.18. The van der Waals surface area contributed by atoms with Gasteiger partial charge in [0.15, 0.2) is 0 Å². The first kappa shape index (κ1) is 12.6. The highest BCUT2D eigenvalue weighted by Gasteiger charge is 2.03. The largest absolute Gasteiger partial charge is 0.466 e. The second-order valence-electron chi connectivity index (χ2n) is 3.21. The van der Waals surface area contributed by atoms with E-state index in [0.717, 1.165) is 5.69 Å². The number of benzene rings is 1. The Balaban J connectivity index is 2.40. The number of halogens is 1. The van der Waals surface area contributed by atoms with Crippen LogP contribution < -0.4 is 11.1 Å². The lowest BCUT2D eigenvalue weighted by atomic mass is 10.2. The third kappa shape index (κ3) is 3.98.